The van der Waals surface area contributed by atoms with Crippen molar-refractivity contribution in [2.45, 2.75) is 19.3 Å². The van der Waals surface area contributed by atoms with Gasteiger partial charge >= 0.3 is 0 Å². The van der Waals surface area contributed by atoms with E-state index in [-0.39, 0.29) is 11.8 Å². The van der Waals surface area contributed by atoms with Crippen LogP contribution in [0.25, 0.3) is 0 Å². The maximum atomic E-state index is 13.2. The summed E-state index contributed by atoms with van der Waals surface area (Å²) in [6.45, 7) is 1.41. The first kappa shape index (κ1) is 20.5. The maximum absolute atomic E-state index is 13.2. The first-order valence-electron chi connectivity index (χ1n) is 9.58. The van der Waals surface area contributed by atoms with E-state index in [1.807, 2.05) is 4.90 Å². The molecule has 154 valence electrons. The Kier molecular flexibility index (Phi) is 6.59. The van der Waals surface area contributed by atoms with Gasteiger partial charge in [0.05, 0.1) is 32.6 Å². The van der Waals surface area contributed by atoms with E-state index in [0.717, 1.165) is 19.3 Å². The third kappa shape index (κ3) is 4.62. The van der Waals surface area contributed by atoms with E-state index in [2.05, 4.69) is 5.32 Å². The molecule has 0 spiro atoms. The monoisotopic (exact) mass is 398 g/mol. The molecule has 1 aliphatic heterocycles. The molecule has 3 rings (SSSR count). The van der Waals surface area contributed by atoms with E-state index in [1.165, 1.54) is 14.2 Å². The molecule has 0 saturated carbocycles. The van der Waals surface area contributed by atoms with Gasteiger partial charge in [0.1, 0.15) is 5.75 Å². The average molecular weight is 398 g/mol. The van der Waals surface area contributed by atoms with Crippen LogP contribution in [0.2, 0.25) is 0 Å². The fourth-order valence-electron chi connectivity index (χ4n) is 3.39. The average Bonchev–Trinajstić information content (AvgIpc) is 2.78. The summed E-state index contributed by atoms with van der Waals surface area (Å²) in [6.07, 6.45) is 3.07. The van der Waals surface area contributed by atoms with Crippen LogP contribution in [0.1, 0.15) is 40.0 Å². The lowest BCUT2D eigenvalue weighted by Gasteiger charge is -2.28. The molecule has 0 aromatic heterocycles. The van der Waals surface area contributed by atoms with Crippen molar-refractivity contribution in [1.29, 1.82) is 0 Å². The second-order valence-corrected chi connectivity index (χ2v) is 6.79. The largest absolute Gasteiger partial charge is 0.497 e. The normalized spacial score (nSPS) is 13.6. The number of hydrogen-bond acceptors (Lipinski definition) is 5. The van der Waals surface area contributed by atoms with E-state index < -0.39 is 0 Å². The van der Waals surface area contributed by atoms with Gasteiger partial charge in [-0.25, -0.2) is 0 Å². The Morgan fingerprint density at radius 1 is 0.897 bits per heavy atom. The van der Waals surface area contributed by atoms with Gasteiger partial charge in [-0.2, -0.15) is 0 Å². The van der Waals surface area contributed by atoms with Crippen molar-refractivity contribution in [2.75, 3.05) is 39.7 Å². The molecule has 1 saturated heterocycles. The second-order valence-electron chi connectivity index (χ2n) is 6.79. The Morgan fingerprint density at radius 2 is 1.59 bits per heavy atom. The summed E-state index contributed by atoms with van der Waals surface area (Å²) in [5.74, 6) is 0.973. The fraction of sp³-hybridized carbons (Fsp3) is 0.364. The van der Waals surface area contributed by atoms with Crippen LogP contribution in [0.15, 0.2) is 36.4 Å². The molecule has 2 aromatic carbocycles. The van der Waals surface area contributed by atoms with E-state index in [4.69, 9.17) is 14.2 Å². The second kappa shape index (κ2) is 9.32. The maximum Gasteiger partial charge on any atom is 0.256 e. The molecular formula is C22H26N2O5. The number of likely N-dealkylation sites (tertiary alicyclic amines) is 1. The Bertz CT molecular complexity index is 891. The Morgan fingerprint density at radius 3 is 2.24 bits per heavy atom. The summed E-state index contributed by atoms with van der Waals surface area (Å²) in [5.41, 5.74) is 1.18. The van der Waals surface area contributed by atoms with Gasteiger partial charge in [0.2, 0.25) is 0 Å². The number of carbonyl (C=O) groups is 2. The molecule has 1 fully saturated rings. The third-order valence-electron chi connectivity index (χ3n) is 4.98. The van der Waals surface area contributed by atoms with E-state index in [9.17, 15) is 9.59 Å². The molecule has 29 heavy (non-hydrogen) atoms. The molecule has 7 nitrogen and oxygen atoms in total. The van der Waals surface area contributed by atoms with Gasteiger partial charge in [-0.1, -0.05) is 6.07 Å². The molecule has 0 bridgehead atoms. The molecule has 2 aromatic rings. The SMILES string of the molecule is COc1cccc(C(=O)Nc2cc(OC)c(OC)cc2C(=O)N2CCCCC2)c1. The fourth-order valence-corrected chi connectivity index (χ4v) is 3.39. The number of benzene rings is 2. The Hall–Kier alpha value is -3.22. The number of anilines is 1. The standard InChI is InChI=1S/C22H26N2O5/c1-27-16-9-7-8-15(12-16)21(25)23-18-14-20(29-3)19(28-2)13-17(18)22(26)24-10-5-4-6-11-24/h7-9,12-14H,4-6,10-11H2,1-3H3,(H,23,25). The summed E-state index contributed by atoms with van der Waals surface area (Å²) < 4.78 is 15.9. The molecule has 7 heteroatoms. The predicted molar refractivity (Wildman–Crippen MR) is 110 cm³/mol. The van der Waals surface area contributed by atoms with E-state index in [1.54, 1.807) is 43.5 Å². The van der Waals surface area contributed by atoms with Gasteiger partial charge in [0.25, 0.3) is 11.8 Å². The number of rotatable bonds is 6. The number of hydrogen-bond donors (Lipinski definition) is 1. The topological polar surface area (TPSA) is 77.1 Å². The summed E-state index contributed by atoms with van der Waals surface area (Å²) in [6, 6.07) is 10.1. The summed E-state index contributed by atoms with van der Waals surface area (Å²) in [7, 11) is 4.57. The van der Waals surface area contributed by atoms with Crippen LogP contribution >= 0.6 is 0 Å². The Labute approximate surface area is 170 Å². The highest BCUT2D eigenvalue weighted by Gasteiger charge is 2.24. The molecule has 0 radical (unpaired) electrons. The first-order chi connectivity index (χ1) is 14.1. The number of piperidine rings is 1. The number of carbonyl (C=O) groups excluding carboxylic acids is 2. The number of nitrogens with one attached hydrogen (secondary N) is 1. The van der Waals surface area contributed by atoms with Crippen molar-refractivity contribution in [1.82, 2.24) is 4.90 Å². The van der Waals surface area contributed by atoms with Crippen LogP contribution in [-0.2, 0) is 0 Å². The highest BCUT2D eigenvalue weighted by molar-refractivity contribution is 6.09. The number of ether oxygens (including phenoxy) is 3. The van der Waals surface area contributed by atoms with Crippen molar-refractivity contribution >= 4 is 17.5 Å². The number of amides is 2. The lowest BCUT2D eigenvalue weighted by molar-refractivity contribution is 0.0725. The predicted octanol–water partition coefficient (Wildman–Crippen LogP) is 3.59. The molecular weight excluding hydrogens is 372 g/mol. The molecule has 1 heterocycles. The lowest BCUT2D eigenvalue weighted by Crippen LogP contribution is -2.36. The van der Waals surface area contributed by atoms with E-state index >= 15 is 0 Å². The molecule has 0 aliphatic carbocycles. The van der Waals surface area contributed by atoms with Crippen LogP contribution in [-0.4, -0.2) is 51.1 Å². The van der Waals surface area contributed by atoms with Crippen molar-refractivity contribution in [3.05, 3.63) is 47.5 Å². The minimum Gasteiger partial charge on any atom is -0.497 e. The van der Waals surface area contributed by atoms with Gasteiger partial charge in [0.15, 0.2) is 11.5 Å². The van der Waals surface area contributed by atoms with Crippen molar-refractivity contribution in [3.63, 3.8) is 0 Å². The van der Waals surface area contributed by atoms with Gasteiger partial charge in [-0.05, 0) is 43.5 Å². The smallest absolute Gasteiger partial charge is 0.256 e. The molecule has 0 unspecified atom stereocenters. The zero-order valence-electron chi connectivity index (χ0n) is 17.0. The molecule has 1 aliphatic rings. The van der Waals surface area contributed by atoms with Crippen molar-refractivity contribution < 1.29 is 23.8 Å². The molecule has 0 atom stereocenters. The van der Waals surface area contributed by atoms with Crippen LogP contribution in [0.5, 0.6) is 17.2 Å². The van der Waals surface area contributed by atoms with Gasteiger partial charge in [-0.3, -0.25) is 9.59 Å². The van der Waals surface area contributed by atoms with Gasteiger partial charge < -0.3 is 24.4 Å². The summed E-state index contributed by atoms with van der Waals surface area (Å²) in [4.78, 5) is 27.8. The number of methoxy groups -OCH3 is 3. The highest BCUT2D eigenvalue weighted by atomic mass is 16.5. The molecule has 1 N–H and O–H groups in total. The summed E-state index contributed by atoms with van der Waals surface area (Å²) in [5, 5.41) is 2.85. The number of nitrogens with zero attached hydrogens (tertiary/aromatic N) is 1. The van der Waals surface area contributed by atoms with Crippen LogP contribution in [0.3, 0.4) is 0 Å². The van der Waals surface area contributed by atoms with Crippen LogP contribution < -0.4 is 19.5 Å². The molecule has 2 amide bonds. The lowest BCUT2D eigenvalue weighted by atomic mass is 10.1. The quantitative estimate of drug-likeness (QED) is 0.805. The minimum atomic E-state index is -0.344. The zero-order chi connectivity index (χ0) is 20.8. The van der Waals surface area contributed by atoms with Crippen LogP contribution in [0, 0.1) is 0 Å². The minimum absolute atomic E-state index is 0.133. The first-order valence-corrected chi connectivity index (χ1v) is 9.58. The zero-order valence-corrected chi connectivity index (χ0v) is 17.0. The van der Waals surface area contributed by atoms with Crippen molar-refractivity contribution in [2.24, 2.45) is 0 Å². The summed E-state index contributed by atoms with van der Waals surface area (Å²) >= 11 is 0. The van der Waals surface area contributed by atoms with Crippen molar-refractivity contribution in [3.8, 4) is 17.2 Å². The third-order valence-corrected chi connectivity index (χ3v) is 4.98. The van der Waals surface area contributed by atoms with Gasteiger partial charge in [0, 0.05) is 24.7 Å². The Balaban J connectivity index is 1.96. The van der Waals surface area contributed by atoms with Gasteiger partial charge in [-0.15, -0.1) is 0 Å². The highest BCUT2D eigenvalue weighted by Crippen LogP contribution is 2.34. The van der Waals surface area contributed by atoms with Crippen LogP contribution in [0.4, 0.5) is 5.69 Å². The van der Waals surface area contributed by atoms with E-state index in [0.29, 0.717) is 47.2 Å².